The zero-order chi connectivity index (χ0) is 18.8. The molecule has 4 amide bonds. The Morgan fingerprint density at radius 3 is 2.32 bits per heavy atom. The highest BCUT2D eigenvalue weighted by molar-refractivity contribution is 6.08. The lowest BCUT2D eigenvalue weighted by molar-refractivity contribution is -0.150. The summed E-state index contributed by atoms with van der Waals surface area (Å²) in [5.74, 6) is -1.85. The van der Waals surface area contributed by atoms with E-state index in [4.69, 9.17) is 4.74 Å². The summed E-state index contributed by atoms with van der Waals surface area (Å²) in [7, 11) is 0. The summed E-state index contributed by atoms with van der Waals surface area (Å²) >= 11 is 0. The number of anilines is 1. The third kappa shape index (κ3) is 4.14. The lowest BCUT2D eigenvalue weighted by Crippen LogP contribution is -2.41. The normalized spacial score (nSPS) is 15.8. The summed E-state index contributed by atoms with van der Waals surface area (Å²) in [6.07, 6.45) is 0. The molecule has 2 rings (SSSR count). The fraction of sp³-hybridized carbons (Fsp3) is 0.412. The second kappa shape index (κ2) is 6.92. The molecule has 0 saturated carbocycles. The van der Waals surface area contributed by atoms with Crippen molar-refractivity contribution in [1.29, 1.82) is 0 Å². The molecule has 0 bridgehead atoms. The molecule has 2 N–H and O–H groups in total. The number of para-hydroxylation sites is 1. The van der Waals surface area contributed by atoms with E-state index in [1.807, 2.05) is 32.0 Å². The zero-order valence-corrected chi connectivity index (χ0v) is 14.6. The Labute approximate surface area is 145 Å². The van der Waals surface area contributed by atoms with Crippen molar-refractivity contribution in [2.24, 2.45) is 0 Å². The Hall–Kier alpha value is -2.90. The first kappa shape index (κ1) is 18.4. The molecule has 1 saturated heterocycles. The number of nitrogens with one attached hydrogen (secondary N) is 2. The molecule has 25 heavy (non-hydrogen) atoms. The molecule has 0 spiro atoms. The maximum Gasteiger partial charge on any atom is 0.326 e. The third-order valence-electron chi connectivity index (χ3n) is 3.84. The third-order valence-corrected chi connectivity index (χ3v) is 3.84. The highest BCUT2D eigenvalue weighted by atomic mass is 16.5. The van der Waals surface area contributed by atoms with Crippen LogP contribution in [0.2, 0.25) is 0 Å². The van der Waals surface area contributed by atoms with Crippen LogP contribution in [0.25, 0.3) is 0 Å². The molecule has 0 aliphatic carbocycles. The van der Waals surface area contributed by atoms with Crippen molar-refractivity contribution in [2.75, 3.05) is 18.5 Å². The average molecular weight is 347 g/mol. The molecule has 0 atom stereocenters. The first-order chi connectivity index (χ1) is 11.6. The van der Waals surface area contributed by atoms with Gasteiger partial charge in [0.2, 0.25) is 0 Å². The van der Waals surface area contributed by atoms with E-state index in [9.17, 15) is 19.2 Å². The minimum atomic E-state index is -1.06. The van der Waals surface area contributed by atoms with Crippen LogP contribution in [0.3, 0.4) is 0 Å². The smallest absolute Gasteiger partial charge is 0.326 e. The maximum absolute atomic E-state index is 12.0. The second-order valence-electron chi connectivity index (χ2n) is 6.42. The molecule has 134 valence electrons. The van der Waals surface area contributed by atoms with Gasteiger partial charge in [-0.25, -0.2) is 4.79 Å². The molecule has 1 aromatic rings. The molecule has 1 aliphatic rings. The highest BCUT2D eigenvalue weighted by Gasteiger charge is 2.45. The van der Waals surface area contributed by atoms with E-state index in [1.54, 1.807) is 0 Å². The van der Waals surface area contributed by atoms with Gasteiger partial charge in [-0.15, -0.1) is 0 Å². The molecule has 0 radical (unpaired) electrons. The minimum Gasteiger partial charge on any atom is -0.454 e. The Bertz CT molecular complexity index is 722. The van der Waals surface area contributed by atoms with Crippen LogP contribution in [-0.2, 0) is 19.1 Å². The van der Waals surface area contributed by atoms with Crippen molar-refractivity contribution in [2.45, 2.75) is 33.2 Å². The fourth-order valence-corrected chi connectivity index (χ4v) is 2.47. The Kier molecular flexibility index (Phi) is 5.10. The average Bonchev–Trinajstić information content (AvgIpc) is 2.71. The molecular weight excluding hydrogens is 326 g/mol. The van der Waals surface area contributed by atoms with Crippen LogP contribution in [0.15, 0.2) is 18.2 Å². The Morgan fingerprint density at radius 2 is 1.80 bits per heavy atom. The van der Waals surface area contributed by atoms with Crippen LogP contribution in [0.5, 0.6) is 0 Å². The molecule has 1 aliphatic heterocycles. The van der Waals surface area contributed by atoms with Gasteiger partial charge >= 0.3 is 12.0 Å². The number of amides is 4. The van der Waals surface area contributed by atoms with Crippen molar-refractivity contribution in [3.63, 3.8) is 0 Å². The largest absolute Gasteiger partial charge is 0.454 e. The quantitative estimate of drug-likeness (QED) is 0.613. The van der Waals surface area contributed by atoms with Crippen LogP contribution in [0.1, 0.15) is 25.0 Å². The number of nitrogens with zero attached hydrogens (tertiary/aromatic N) is 1. The number of hydrogen-bond acceptors (Lipinski definition) is 5. The Morgan fingerprint density at radius 1 is 1.20 bits per heavy atom. The number of benzene rings is 1. The van der Waals surface area contributed by atoms with Gasteiger partial charge in [0.1, 0.15) is 12.1 Å². The van der Waals surface area contributed by atoms with E-state index >= 15 is 0 Å². The molecule has 1 heterocycles. The Balaban J connectivity index is 1.87. The minimum absolute atomic E-state index is 0.497. The number of imide groups is 1. The van der Waals surface area contributed by atoms with Gasteiger partial charge in [0.05, 0.1) is 0 Å². The number of esters is 1. The van der Waals surface area contributed by atoms with Crippen LogP contribution in [0.4, 0.5) is 10.5 Å². The van der Waals surface area contributed by atoms with Crippen molar-refractivity contribution < 1.29 is 23.9 Å². The lowest BCUT2D eigenvalue weighted by Gasteiger charge is -2.15. The number of urea groups is 1. The first-order valence-electron chi connectivity index (χ1n) is 7.77. The summed E-state index contributed by atoms with van der Waals surface area (Å²) < 4.78 is 4.86. The molecular formula is C17H21N3O5. The summed E-state index contributed by atoms with van der Waals surface area (Å²) in [6, 6.07) is 4.92. The maximum atomic E-state index is 12.0. The summed E-state index contributed by atoms with van der Waals surface area (Å²) in [6.45, 7) is 5.75. The van der Waals surface area contributed by atoms with Crippen LogP contribution in [-0.4, -0.2) is 47.4 Å². The highest BCUT2D eigenvalue weighted by Crippen LogP contribution is 2.19. The van der Waals surface area contributed by atoms with Crippen molar-refractivity contribution in [3.05, 3.63) is 29.3 Å². The summed E-state index contributed by atoms with van der Waals surface area (Å²) in [5.41, 5.74) is 1.39. The number of ether oxygens (including phenoxy) is 1. The van der Waals surface area contributed by atoms with Gasteiger partial charge < -0.3 is 15.4 Å². The number of carbonyl (C=O) groups excluding carboxylic acids is 4. The molecule has 0 unspecified atom stereocenters. The van der Waals surface area contributed by atoms with Gasteiger partial charge in [0, 0.05) is 5.69 Å². The monoisotopic (exact) mass is 347 g/mol. The zero-order valence-electron chi connectivity index (χ0n) is 14.6. The number of carbonyl (C=O) groups is 4. The molecule has 8 nitrogen and oxygen atoms in total. The standard InChI is InChI=1S/C17H21N3O5/c1-10-6-5-7-11(2)14(10)18-12(21)9-25-13(22)8-20-15(23)17(3,4)19-16(20)24/h5-7H,8-9H2,1-4H3,(H,18,21)(H,19,24). The number of aryl methyl sites for hydroxylation is 2. The van der Waals surface area contributed by atoms with Gasteiger partial charge in [0.25, 0.3) is 11.8 Å². The van der Waals surface area contributed by atoms with Crippen LogP contribution < -0.4 is 10.6 Å². The van der Waals surface area contributed by atoms with Gasteiger partial charge in [-0.2, -0.15) is 0 Å². The van der Waals surface area contributed by atoms with Gasteiger partial charge in [-0.1, -0.05) is 18.2 Å². The SMILES string of the molecule is Cc1cccc(C)c1NC(=O)COC(=O)CN1C(=O)NC(C)(C)C1=O. The molecule has 1 aromatic carbocycles. The molecule has 8 heteroatoms. The predicted octanol–water partition coefficient (Wildman–Crippen LogP) is 1.12. The van der Waals surface area contributed by atoms with E-state index in [2.05, 4.69) is 10.6 Å². The predicted molar refractivity (Wildman–Crippen MR) is 89.8 cm³/mol. The number of hydrogen-bond donors (Lipinski definition) is 2. The van der Waals surface area contributed by atoms with Crippen molar-refractivity contribution >= 4 is 29.5 Å². The summed E-state index contributed by atoms with van der Waals surface area (Å²) in [5, 5.41) is 5.14. The molecule has 1 fully saturated rings. The van der Waals surface area contributed by atoms with E-state index in [0.29, 0.717) is 5.69 Å². The van der Waals surface area contributed by atoms with Crippen molar-refractivity contribution in [1.82, 2.24) is 10.2 Å². The molecule has 0 aromatic heterocycles. The van der Waals surface area contributed by atoms with E-state index in [1.165, 1.54) is 13.8 Å². The fourth-order valence-electron chi connectivity index (χ4n) is 2.47. The van der Waals surface area contributed by atoms with Crippen molar-refractivity contribution in [3.8, 4) is 0 Å². The first-order valence-corrected chi connectivity index (χ1v) is 7.77. The van der Waals surface area contributed by atoms with Crippen LogP contribution in [0, 0.1) is 13.8 Å². The van der Waals surface area contributed by atoms with E-state index < -0.39 is 42.5 Å². The lowest BCUT2D eigenvalue weighted by atomic mass is 10.1. The van der Waals surface area contributed by atoms with E-state index in [-0.39, 0.29) is 0 Å². The second-order valence-corrected chi connectivity index (χ2v) is 6.42. The van der Waals surface area contributed by atoms with E-state index in [0.717, 1.165) is 16.0 Å². The van der Waals surface area contributed by atoms with Gasteiger partial charge in [0.15, 0.2) is 6.61 Å². The van der Waals surface area contributed by atoms with Gasteiger partial charge in [-0.05, 0) is 38.8 Å². The topological polar surface area (TPSA) is 105 Å². The number of rotatable bonds is 5. The van der Waals surface area contributed by atoms with Gasteiger partial charge in [-0.3, -0.25) is 19.3 Å². The summed E-state index contributed by atoms with van der Waals surface area (Å²) in [4.78, 5) is 48.2. The van der Waals surface area contributed by atoms with Crippen LogP contribution >= 0.6 is 0 Å².